The Morgan fingerprint density at radius 3 is 2.40 bits per heavy atom. The van der Waals surface area contributed by atoms with Crippen molar-refractivity contribution in [1.82, 2.24) is 10.2 Å². The first-order chi connectivity index (χ1) is 9.57. The molecule has 20 heavy (non-hydrogen) atoms. The highest BCUT2D eigenvalue weighted by Gasteiger charge is 2.17. The van der Waals surface area contributed by atoms with E-state index < -0.39 is 0 Å². The van der Waals surface area contributed by atoms with Crippen molar-refractivity contribution < 1.29 is 5.11 Å². The van der Waals surface area contributed by atoms with E-state index in [0.717, 1.165) is 30.5 Å². The van der Waals surface area contributed by atoms with Crippen LogP contribution in [-0.2, 0) is 12.8 Å². The average molecular weight is 276 g/mol. The quantitative estimate of drug-likeness (QED) is 0.798. The second-order valence-corrected chi connectivity index (χ2v) is 5.32. The average Bonchev–Trinajstić information content (AvgIpc) is 2.45. The van der Waals surface area contributed by atoms with Gasteiger partial charge in [-0.15, -0.1) is 5.10 Å². The molecule has 0 saturated carbocycles. The summed E-state index contributed by atoms with van der Waals surface area (Å²) in [7, 11) is 0. The van der Waals surface area contributed by atoms with Crippen LogP contribution in [0.3, 0.4) is 0 Å². The van der Waals surface area contributed by atoms with E-state index in [2.05, 4.69) is 35.4 Å². The van der Waals surface area contributed by atoms with Gasteiger partial charge >= 0.3 is 0 Å². The van der Waals surface area contributed by atoms with Gasteiger partial charge in [0.05, 0.1) is 18.3 Å². The minimum absolute atomic E-state index is 0.0156. The van der Waals surface area contributed by atoms with Crippen LogP contribution in [0.5, 0.6) is 0 Å². The van der Waals surface area contributed by atoms with Crippen molar-refractivity contribution >= 4 is 5.82 Å². The summed E-state index contributed by atoms with van der Waals surface area (Å²) in [5.74, 6) is 0.944. The minimum atomic E-state index is -0.103. The van der Waals surface area contributed by atoms with Gasteiger partial charge in [-0.3, -0.25) is 0 Å². The van der Waals surface area contributed by atoms with Crippen molar-refractivity contribution in [2.24, 2.45) is 5.92 Å². The Kier molecular flexibility index (Phi) is 6.40. The third-order valence-electron chi connectivity index (χ3n) is 3.28. The molecule has 0 bridgehead atoms. The zero-order valence-corrected chi connectivity index (χ0v) is 12.8. The summed E-state index contributed by atoms with van der Waals surface area (Å²) in [6.45, 7) is 8.23. The van der Waals surface area contributed by atoms with Crippen molar-refractivity contribution in [2.75, 3.05) is 11.9 Å². The molecule has 1 unspecified atom stereocenters. The summed E-state index contributed by atoms with van der Waals surface area (Å²) in [6.07, 6.45) is 2.34. The number of hydrogen-bond donors (Lipinski definition) is 2. The number of nitrogens with one attached hydrogen (secondary N) is 1. The number of anilines is 1. The molecule has 1 aromatic heterocycles. The molecule has 0 aromatic carbocycles. The zero-order valence-electron chi connectivity index (χ0n) is 12.8. The van der Waals surface area contributed by atoms with E-state index in [1.807, 2.05) is 13.8 Å². The molecular formula is C15H24N4O. The fraction of sp³-hybridized carbons (Fsp3) is 0.667. The highest BCUT2D eigenvalue weighted by molar-refractivity contribution is 5.56. The molecule has 0 spiro atoms. The molecule has 0 aliphatic heterocycles. The van der Waals surface area contributed by atoms with Gasteiger partial charge in [-0.05, 0) is 30.7 Å². The number of aryl methyl sites for hydroxylation is 1. The Labute approximate surface area is 121 Å². The fourth-order valence-corrected chi connectivity index (χ4v) is 2.34. The van der Waals surface area contributed by atoms with Crippen molar-refractivity contribution in [2.45, 2.75) is 53.0 Å². The van der Waals surface area contributed by atoms with Crippen LogP contribution in [-0.4, -0.2) is 28.0 Å². The van der Waals surface area contributed by atoms with Gasteiger partial charge in [-0.1, -0.05) is 27.7 Å². The van der Waals surface area contributed by atoms with Gasteiger partial charge < -0.3 is 10.4 Å². The first-order valence-electron chi connectivity index (χ1n) is 7.23. The van der Waals surface area contributed by atoms with Crippen LogP contribution < -0.4 is 5.32 Å². The zero-order chi connectivity index (χ0) is 15.1. The Morgan fingerprint density at radius 1 is 1.25 bits per heavy atom. The maximum absolute atomic E-state index is 9.43. The first kappa shape index (κ1) is 16.4. The highest BCUT2D eigenvalue weighted by atomic mass is 16.3. The molecule has 0 saturated heterocycles. The standard InChI is InChI=1S/C15H24N4O/c1-5-12-13(8-16)15(19-18-14(12)6-2)17-11(9-20)7-10(3)4/h10-11,20H,5-7,9H2,1-4H3,(H,17,19). The third kappa shape index (κ3) is 3.91. The maximum Gasteiger partial charge on any atom is 0.167 e. The Hall–Kier alpha value is -1.67. The highest BCUT2D eigenvalue weighted by Crippen LogP contribution is 2.21. The Bertz CT molecular complexity index is 479. The van der Waals surface area contributed by atoms with Gasteiger partial charge in [0, 0.05) is 0 Å². The molecule has 0 radical (unpaired) electrons. The lowest BCUT2D eigenvalue weighted by molar-refractivity contribution is 0.259. The number of aliphatic hydroxyl groups excluding tert-OH is 1. The fourth-order valence-electron chi connectivity index (χ4n) is 2.34. The van der Waals surface area contributed by atoms with E-state index >= 15 is 0 Å². The third-order valence-corrected chi connectivity index (χ3v) is 3.28. The van der Waals surface area contributed by atoms with Crippen molar-refractivity contribution in [1.29, 1.82) is 5.26 Å². The summed E-state index contributed by atoms with van der Waals surface area (Å²) in [5, 5.41) is 30.3. The predicted octanol–water partition coefficient (Wildman–Crippen LogP) is 2.29. The van der Waals surface area contributed by atoms with E-state index in [0.29, 0.717) is 17.3 Å². The topological polar surface area (TPSA) is 81.8 Å². The molecule has 1 heterocycles. The molecule has 5 heteroatoms. The van der Waals surface area contributed by atoms with E-state index in [4.69, 9.17) is 0 Å². The van der Waals surface area contributed by atoms with Crippen LogP contribution in [0.15, 0.2) is 0 Å². The first-order valence-corrected chi connectivity index (χ1v) is 7.23. The van der Waals surface area contributed by atoms with E-state index in [1.54, 1.807) is 0 Å². The van der Waals surface area contributed by atoms with Crippen LogP contribution >= 0.6 is 0 Å². The van der Waals surface area contributed by atoms with Crippen molar-refractivity contribution in [3.8, 4) is 6.07 Å². The lowest BCUT2D eigenvalue weighted by Crippen LogP contribution is -2.27. The predicted molar refractivity (Wildman–Crippen MR) is 79.5 cm³/mol. The molecule has 5 nitrogen and oxygen atoms in total. The number of rotatable bonds is 7. The summed E-state index contributed by atoms with van der Waals surface area (Å²) >= 11 is 0. The summed E-state index contributed by atoms with van der Waals surface area (Å²) < 4.78 is 0. The Morgan fingerprint density at radius 2 is 1.95 bits per heavy atom. The minimum Gasteiger partial charge on any atom is -0.394 e. The number of nitrogens with zero attached hydrogens (tertiary/aromatic N) is 3. The SMILES string of the molecule is CCc1nnc(NC(CO)CC(C)C)c(C#N)c1CC. The molecule has 0 aliphatic rings. The van der Waals surface area contributed by atoms with Crippen LogP contribution in [0.1, 0.15) is 50.9 Å². The summed E-state index contributed by atoms with van der Waals surface area (Å²) in [6, 6.07) is 2.12. The van der Waals surface area contributed by atoms with Gasteiger partial charge in [0.1, 0.15) is 11.6 Å². The molecule has 1 rings (SSSR count). The molecule has 0 aliphatic carbocycles. The van der Waals surface area contributed by atoms with E-state index in [9.17, 15) is 10.4 Å². The van der Waals surface area contributed by atoms with E-state index in [1.165, 1.54) is 0 Å². The number of hydrogen-bond acceptors (Lipinski definition) is 5. The van der Waals surface area contributed by atoms with Crippen LogP contribution in [0.25, 0.3) is 0 Å². The molecule has 110 valence electrons. The normalized spacial score (nSPS) is 12.2. The van der Waals surface area contributed by atoms with Gasteiger partial charge in [-0.25, -0.2) is 0 Å². The van der Waals surface area contributed by atoms with Crippen molar-refractivity contribution in [3.05, 3.63) is 16.8 Å². The number of nitriles is 1. The van der Waals surface area contributed by atoms with Gasteiger partial charge in [0.25, 0.3) is 0 Å². The lowest BCUT2D eigenvalue weighted by atomic mass is 10.0. The summed E-state index contributed by atoms with van der Waals surface area (Å²) in [5.41, 5.74) is 2.38. The maximum atomic E-state index is 9.43. The molecule has 1 aromatic rings. The molecular weight excluding hydrogens is 252 g/mol. The second-order valence-electron chi connectivity index (χ2n) is 5.32. The lowest BCUT2D eigenvalue weighted by Gasteiger charge is -2.20. The monoisotopic (exact) mass is 276 g/mol. The van der Waals surface area contributed by atoms with Gasteiger partial charge in [-0.2, -0.15) is 10.4 Å². The van der Waals surface area contributed by atoms with Gasteiger partial charge in [0.15, 0.2) is 5.82 Å². The van der Waals surface area contributed by atoms with Crippen LogP contribution in [0, 0.1) is 17.2 Å². The molecule has 0 fully saturated rings. The van der Waals surface area contributed by atoms with Crippen LogP contribution in [0.4, 0.5) is 5.82 Å². The van der Waals surface area contributed by atoms with E-state index in [-0.39, 0.29) is 12.6 Å². The number of aliphatic hydroxyl groups is 1. The number of aromatic nitrogens is 2. The molecule has 0 amide bonds. The molecule has 1 atom stereocenters. The second kappa shape index (κ2) is 7.81. The smallest absolute Gasteiger partial charge is 0.167 e. The van der Waals surface area contributed by atoms with Crippen LogP contribution in [0.2, 0.25) is 0 Å². The molecule has 2 N–H and O–H groups in total. The van der Waals surface area contributed by atoms with Crippen molar-refractivity contribution in [3.63, 3.8) is 0 Å². The Balaban J connectivity index is 3.09. The summed E-state index contributed by atoms with van der Waals surface area (Å²) in [4.78, 5) is 0. The largest absolute Gasteiger partial charge is 0.394 e. The van der Waals surface area contributed by atoms with Gasteiger partial charge in [0.2, 0.25) is 0 Å².